The molecule has 2 saturated heterocycles. The van der Waals surface area contributed by atoms with E-state index >= 15 is 0 Å². The maximum atomic E-state index is 13.4. The molecule has 0 aliphatic carbocycles. The van der Waals surface area contributed by atoms with Gasteiger partial charge in [-0.2, -0.15) is 0 Å². The van der Waals surface area contributed by atoms with Crippen molar-refractivity contribution in [2.24, 2.45) is 0 Å². The molecule has 14 nitrogen and oxygen atoms in total. The molecule has 0 radical (unpaired) electrons. The third-order valence-electron chi connectivity index (χ3n) is 18.9. The summed E-state index contributed by atoms with van der Waals surface area (Å²) in [6, 6.07) is -0.832. The number of allylic oxidation sites excluding steroid dienone is 14. The van der Waals surface area contributed by atoms with Gasteiger partial charge in [-0.25, -0.2) is 0 Å². The van der Waals surface area contributed by atoms with Gasteiger partial charge < -0.3 is 65.1 Å². The number of carbonyl (C=O) groups is 1. The first kappa shape index (κ1) is 88.3. The topological polar surface area (TPSA) is 228 Å². The highest BCUT2D eigenvalue weighted by atomic mass is 16.7. The Hall–Kier alpha value is -2.83. The number of rotatable bonds is 65. The lowest BCUT2D eigenvalue weighted by Crippen LogP contribution is -2.65. The molecule has 1 amide bonds. The highest BCUT2D eigenvalue weighted by molar-refractivity contribution is 5.76. The van der Waals surface area contributed by atoms with Gasteiger partial charge in [-0.15, -0.1) is 0 Å². The second-order valence-electron chi connectivity index (χ2n) is 27.5. The van der Waals surface area contributed by atoms with Gasteiger partial charge in [0.1, 0.15) is 48.8 Å². The third kappa shape index (κ3) is 47.8. The van der Waals surface area contributed by atoms with Crippen LogP contribution in [0.5, 0.6) is 0 Å². The van der Waals surface area contributed by atoms with Crippen molar-refractivity contribution in [1.29, 1.82) is 0 Å². The molecule has 0 aromatic rings. The molecule has 552 valence electrons. The van der Waals surface area contributed by atoms with Crippen molar-refractivity contribution in [3.63, 3.8) is 0 Å². The maximum Gasteiger partial charge on any atom is 0.220 e. The number of aliphatic hydroxyl groups excluding tert-OH is 8. The second-order valence-corrected chi connectivity index (χ2v) is 27.5. The molecule has 0 bridgehead atoms. The third-order valence-corrected chi connectivity index (χ3v) is 18.9. The van der Waals surface area contributed by atoms with Crippen molar-refractivity contribution >= 4 is 5.91 Å². The van der Waals surface area contributed by atoms with E-state index in [9.17, 15) is 45.6 Å². The molecule has 0 aromatic carbocycles. The molecule has 2 aliphatic rings. The zero-order chi connectivity index (χ0) is 68.7. The monoisotopic (exact) mass is 1340 g/mol. The lowest BCUT2D eigenvalue weighted by Gasteiger charge is -2.46. The quantitative estimate of drug-likeness (QED) is 0.0204. The van der Waals surface area contributed by atoms with Crippen LogP contribution in [0.1, 0.15) is 328 Å². The van der Waals surface area contributed by atoms with Crippen LogP contribution in [0.2, 0.25) is 0 Å². The number of aliphatic hydroxyl groups is 8. The van der Waals surface area contributed by atoms with E-state index in [1.807, 2.05) is 0 Å². The minimum Gasteiger partial charge on any atom is -0.394 e. The number of ether oxygens (including phenoxy) is 4. The minimum absolute atomic E-state index is 0.202. The van der Waals surface area contributed by atoms with E-state index in [2.05, 4.69) is 104 Å². The number of amides is 1. The van der Waals surface area contributed by atoms with Gasteiger partial charge in [-0.3, -0.25) is 4.79 Å². The zero-order valence-corrected chi connectivity index (χ0v) is 60.4. The predicted molar refractivity (Wildman–Crippen MR) is 392 cm³/mol. The van der Waals surface area contributed by atoms with Crippen LogP contribution >= 0.6 is 0 Å². The van der Waals surface area contributed by atoms with Crippen molar-refractivity contribution in [2.45, 2.75) is 402 Å². The van der Waals surface area contributed by atoms with E-state index in [0.717, 1.165) is 96.3 Å². The van der Waals surface area contributed by atoms with E-state index in [-0.39, 0.29) is 12.5 Å². The van der Waals surface area contributed by atoms with Crippen LogP contribution in [-0.2, 0) is 23.7 Å². The molecular weight excluding hydrogens is 1190 g/mol. The number of unbranched alkanes of at least 4 members (excludes halogenated alkanes) is 38. The Bertz CT molecular complexity index is 1920. The summed E-state index contributed by atoms with van der Waals surface area (Å²) in [5.74, 6) is -0.202. The fraction of sp³-hybridized carbons (Fsp3) is 0.815. The van der Waals surface area contributed by atoms with Crippen molar-refractivity contribution in [1.82, 2.24) is 5.32 Å². The van der Waals surface area contributed by atoms with Gasteiger partial charge in [0.15, 0.2) is 12.6 Å². The van der Waals surface area contributed by atoms with E-state index < -0.39 is 86.8 Å². The van der Waals surface area contributed by atoms with Gasteiger partial charge >= 0.3 is 0 Å². The van der Waals surface area contributed by atoms with Crippen LogP contribution < -0.4 is 5.32 Å². The van der Waals surface area contributed by atoms with Crippen LogP contribution in [0.3, 0.4) is 0 Å². The van der Waals surface area contributed by atoms with Crippen molar-refractivity contribution in [2.75, 3.05) is 19.8 Å². The van der Waals surface area contributed by atoms with Gasteiger partial charge in [0, 0.05) is 6.42 Å². The Morgan fingerprint density at radius 1 is 0.389 bits per heavy atom. The van der Waals surface area contributed by atoms with Gasteiger partial charge in [0.05, 0.1) is 32.0 Å². The summed E-state index contributed by atoms with van der Waals surface area (Å²) < 4.78 is 23.0. The van der Waals surface area contributed by atoms with Crippen molar-refractivity contribution < 1.29 is 64.6 Å². The van der Waals surface area contributed by atoms with Gasteiger partial charge in [-0.1, -0.05) is 336 Å². The molecule has 2 rings (SSSR count). The Kier molecular flexibility index (Phi) is 60.0. The number of nitrogens with one attached hydrogen (secondary N) is 1. The fourth-order valence-electron chi connectivity index (χ4n) is 12.7. The highest BCUT2D eigenvalue weighted by Crippen LogP contribution is 2.30. The molecule has 0 spiro atoms. The Morgan fingerprint density at radius 3 is 1.12 bits per heavy atom. The maximum absolute atomic E-state index is 13.4. The highest BCUT2D eigenvalue weighted by Gasteiger charge is 2.51. The Balaban J connectivity index is 1.57. The van der Waals surface area contributed by atoms with E-state index in [1.165, 1.54) is 205 Å². The molecule has 12 unspecified atom stereocenters. The molecule has 14 heteroatoms. The summed E-state index contributed by atoms with van der Waals surface area (Å²) in [5, 5.41) is 87.8. The Morgan fingerprint density at radius 2 is 0.726 bits per heavy atom. The zero-order valence-electron chi connectivity index (χ0n) is 60.4. The largest absolute Gasteiger partial charge is 0.394 e. The number of hydrogen-bond donors (Lipinski definition) is 9. The standard InChI is InChI=1S/C81H145NO13/c1-3-5-7-9-11-13-15-17-19-21-23-25-26-27-28-29-30-31-32-33-34-35-36-37-38-39-40-41-42-43-44-45-47-49-51-53-55-57-59-61-63-65-73(86)82-69(70(85)64-62-60-58-56-54-52-50-48-46-24-22-20-18-16-14-12-10-8-6-4-2)68-92-80-78(91)76(89)79(72(67-84)94-80)95-81-77(90)75(88)74(87)71(66-83)93-81/h5,7,11,13,17,19,23,25,27-28,30-31,33-34,69-72,74-81,83-85,87-91H,3-4,6,8-10,12,14-16,18,20-22,24,26,29,32,35-68H2,1-2H3,(H,82,86)/b7-5-,13-11-,19-17-,25-23-,28-27-,31-30-,34-33-. The molecule has 0 aromatic heterocycles. The molecule has 95 heavy (non-hydrogen) atoms. The minimum atomic E-state index is -1.78. The summed E-state index contributed by atoms with van der Waals surface area (Å²) in [7, 11) is 0. The van der Waals surface area contributed by atoms with Crippen molar-refractivity contribution in [3.05, 3.63) is 85.1 Å². The molecule has 2 aliphatic heterocycles. The SMILES string of the molecule is CC/C=C\C/C=C\C/C=C\C/C=C\C/C=C\C/C=C\C/C=C\CCCCCCCCCCCCCCCCCCCCCC(=O)NC(COC1OC(CO)C(OC2OC(CO)C(O)C(O)C2O)C(O)C1O)C(O)CCCCCCCCCCCCCCCCCCCCCC. The lowest BCUT2D eigenvalue weighted by molar-refractivity contribution is -0.359. The normalized spacial score (nSPS) is 22.8. The molecule has 9 N–H and O–H groups in total. The summed E-state index contributed by atoms with van der Waals surface area (Å²) in [6.07, 6.45) is 73.3. The molecule has 12 atom stereocenters. The second kappa shape index (κ2) is 64.5. The van der Waals surface area contributed by atoms with Crippen molar-refractivity contribution in [3.8, 4) is 0 Å². The summed E-state index contributed by atoms with van der Waals surface area (Å²) in [6.45, 7) is 2.79. The molecule has 2 fully saturated rings. The number of carbonyl (C=O) groups excluding carboxylic acids is 1. The average molecular weight is 1340 g/mol. The van der Waals surface area contributed by atoms with Gasteiger partial charge in [0.25, 0.3) is 0 Å². The van der Waals surface area contributed by atoms with Crippen LogP contribution in [0, 0.1) is 0 Å². The lowest BCUT2D eigenvalue weighted by atomic mass is 9.97. The van der Waals surface area contributed by atoms with E-state index in [4.69, 9.17) is 18.9 Å². The first-order valence-corrected chi connectivity index (χ1v) is 39.3. The van der Waals surface area contributed by atoms with Gasteiger partial charge in [0.2, 0.25) is 5.91 Å². The summed E-state index contributed by atoms with van der Waals surface area (Å²) in [4.78, 5) is 13.4. The van der Waals surface area contributed by atoms with Crippen LogP contribution in [-0.4, -0.2) is 140 Å². The van der Waals surface area contributed by atoms with E-state index in [0.29, 0.717) is 12.8 Å². The van der Waals surface area contributed by atoms with Crippen LogP contribution in [0.25, 0.3) is 0 Å². The smallest absolute Gasteiger partial charge is 0.220 e. The summed E-state index contributed by atoms with van der Waals surface area (Å²) >= 11 is 0. The van der Waals surface area contributed by atoms with Crippen LogP contribution in [0.15, 0.2) is 85.1 Å². The Labute approximate surface area is 580 Å². The molecule has 0 saturated carbocycles. The van der Waals surface area contributed by atoms with Crippen LogP contribution in [0.4, 0.5) is 0 Å². The summed E-state index contributed by atoms with van der Waals surface area (Å²) in [5.41, 5.74) is 0. The average Bonchev–Trinajstić information content (AvgIpc) is 0.897. The molecular formula is C81H145NO13. The number of hydrogen-bond acceptors (Lipinski definition) is 13. The fourth-order valence-corrected chi connectivity index (χ4v) is 12.7. The predicted octanol–water partition coefficient (Wildman–Crippen LogP) is 17.5. The molecule has 2 heterocycles. The first-order chi connectivity index (χ1) is 46.6. The first-order valence-electron chi connectivity index (χ1n) is 39.3. The van der Waals surface area contributed by atoms with Gasteiger partial charge in [-0.05, 0) is 70.6 Å². The van der Waals surface area contributed by atoms with E-state index in [1.54, 1.807) is 0 Å².